The third kappa shape index (κ3) is 3.77. The van der Waals surface area contributed by atoms with Gasteiger partial charge >= 0.3 is 0 Å². The number of nitrogens with one attached hydrogen (secondary N) is 1. The van der Waals surface area contributed by atoms with E-state index in [9.17, 15) is 9.59 Å². The van der Waals surface area contributed by atoms with Gasteiger partial charge in [-0.15, -0.1) is 10.2 Å². The molecule has 1 aromatic rings. The van der Waals surface area contributed by atoms with Crippen molar-refractivity contribution in [3.63, 3.8) is 0 Å². The van der Waals surface area contributed by atoms with Crippen LogP contribution >= 0.6 is 11.3 Å². The van der Waals surface area contributed by atoms with Crippen LogP contribution in [-0.4, -0.2) is 39.5 Å². The monoisotopic (exact) mass is 350 g/mol. The van der Waals surface area contributed by atoms with Crippen LogP contribution < -0.4 is 5.32 Å². The predicted octanol–water partition coefficient (Wildman–Crippen LogP) is 3.17. The summed E-state index contributed by atoms with van der Waals surface area (Å²) in [6, 6.07) is 0.346. The van der Waals surface area contributed by atoms with Gasteiger partial charge in [-0.05, 0) is 19.3 Å². The maximum atomic E-state index is 12.5. The lowest BCUT2D eigenvalue weighted by Gasteiger charge is -2.23. The molecule has 6 nitrogen and oxygen atoms in total. The van der Waals surface area contributed by atoms with Crippen LogP contribution in [0.2, 0.25) is 0 Å². The number of rotatable bonds is 6. The number of anilines is 1. The molecule has 7 heteroatoms. The van der Waals surface area contributed by atoms with Crippen LogP contribution in [0, 0.1) is 5.92 Å². The number of aromatic nitrogens is 2. The van der Waals surface area contributed by atoms with E-state index in [1.807, 2.05) is 4.90 Å². The fourth-order valence-corrected chi connectivity index (χ4v) is 4.56. The summed E-state index contributed by atoms with van der Waals surface area (Å²) in [5.41, 5.74) is 0. The lowest BCUT2D eigenvalue weighted by Crippen LogP contribution is -2.35. The molecule has 2 atom stereocenters. The molecule has 2 fully saturated rings. The average molecular weight is 350 g/mol. The van der Waals surface area contributed by atoms with Crippen molar-refractivity contribution in [2.24, 2.45) is 5.92 Å². The first-order valence-corrected chi connectivity index (χ1v) is 9.83. The summed E-state index contributed by atoms with van der Waals surface area (Å²) in [6.07, 6.45) is 7.02. The van der Waals surface area contributed by atoms with Gasteiger partial charge in [0.25, 0.3) is 0 Å². The van der Waals surface area contributed by atoms with Crippen molar-refractivity contribution in [1.29, 1.82) is 0 Å². The van der Waals surface area contributed by atoms with Crippen molar-refractivity contribution in [1.82, 2.24) is 15.1 Å². The first-order chi connectivity index (χ1) is 11.6. The first kappa shape index (κ1) is 17.3. The highest BCUT2D eigenvalue weighted by molar-refractivity contribution is 7.15. The number of amides is 2. The standard InChI is InChI=1S/C17H26N4O2S/c1-3-6-11(2)16-19-20-17(24-16)18-15(23)12-9-14(22)21(10-12)13-7-4-5-8-13/h11-13H,3-10H2,1-2H3,(H,18,20,23). The van der Waals surface area contributed by atoms with Gasteiger partial charge in [0.15, 0.2) is 0 Å². The Bertz CT molecular complexity index is 597. The SMILES string of the molecule is CCCC(C)c1nnc(NC(=O)C2CC(=O)N(C3CCCC3)C2)s1. The Morgan fingerprint density at radius 2 is 2.12 bits per heavy atom. The van der Waals surface area contributed by atoms with E-state index < -0.39 is 0 Å². The molecule has 0 radical (unpaired) electrons. The van der Waals surface area contributed by atoms with Crippen molar-refractivity contribution in [2.75, 3.05) is 11.9 Å². The highest BCUT2D eigenvalue weighted by Gasteiger charge is 2.38. The summed E-state index contributed by atoms with van der Waals surface area (Å²) in [5, 5.41) is 12.6. The van der Waals surface area contributed by atoms with Gasteiger partial charge in [-0.1, -0.05) is 44.4 Å². The maximum absolute atomic E-state index is 12.5. The molecule has 0 aromatic carbocycles. The number of nitrogens with zero attached hydrogens (tertiary/aromatic N) is 3. The number of carbonyl (C=O) groups is 2. The zero-order chi connectivity index (χ0) is 17.1. The minimum atomic E-state index is -0.265. The summed E-state index contributed by atoms with van der Waals surface area (Å²) >= 11 is 1.44. The van der Waals surface area contributed by atoms with Gasteiger partial charge in [0.1, 0.15) is 5.01 Å². The second kappa shape index (κ2) is 7.59. The lowest BCUT2D eigenvalue weighted by molar-refractivity contribution is -0.129. The van der Waals surface area contributed by atoms with Crippen molar-refractivity contribution < 1.29 is 9.59 Å². The number of likely N-dealkylation sites (tertiary alicyclic amines) is 1. The smallest absolute Gasteiger partial charge is 0.231 e. The van der Waals surface area contributed by atoms with Crippen molar-refractivity contribution in [3.05, 3.63) is 5.01 Å². The molecule has 132 valence electrons. The number of hydrogen-bond acceptors (Lipinski definition) is 5. The van der Waals surface area contributed by atoms with Crippen LogP contribution in [0.5, 0.6) is 0 Å². The molecule has 2 unspecified atom stereocenters. The average Bonchev–Trinajstić information content (AvgIpc) is 3.27. The second-order valence-corrected chi connectivity index (χ2v) is 8.02. The molecular weight excluding hydrogens is 324 g/mol. The fourth-order valence-electron chi connectivity index (χ4n) is 3.72. The molecular formula is C17H26N4O2S. The minimum absolute atomic E-state index is 0.102. The fraction of sp³-hybridized carbons (Fsp3) is 0.765. The van der Waals surface area contributed by atoms with Gasteiger partial charge in [0.05, 0.1) is 5.92 Å². The van der Waals surface area contributed by atoms with Crippen LogP contribution in [0.4, 0.5) is 5.13 Å². The normalized spacial score (nSPS) is 23.0. The Kier molecular flexibility index (Phi) is 5.48. The highest BCUT2D eigenvalue weighted by Crippen LogP contribution is 2.31. The Morgan fingerprint density at radius 1 is 1.38 bits per heavy atom. The van der Waals surface area contributed by atoms with Gasteiger partial charge in [-0.3, -0.25) is 9.59 Å². The Hall–Kier alpha value is -1.50. The molecule has 1 N–H and O–H groups in total. The van der Waals surface area contributed by atoms with E-state index >= 15 is 0 Å². The molecule has 3 rings (SSSR count). The summed E-state index contributed by atoms with van der Waals surface area (Å²) in [4.78, 5) is 26.6. The molecule has 2 aliphatic rings. The van der Waals surface area contributed by atoms with E-state index in [1.54, 1.807) is 0 Å². The number of hydrogen-bond donors (Lipinski definition) is 1. The van der Waals surface area contributed by atoms with Crippen molar-refractivity contribution in [3.8, 4) is 0 Å². The Morgan fingerprint density at radius 3 is 2.83 bits per heavy atom. The quantitative estimate of drug-likeness (QED) is 0.855. The van der Waals surface area contributed by atoms with Crippen LogP contribution in [0.1, 0.15) is 69.7 Å². The molecule has 1 saturated heterocycles. The summed E-state index contributed by atoms with van der Waals surface area (Å²) < 4.78 is 0. The molecule has 2 amide bonds. The van der Waals surface area contributed by atoms with Crippen LogP contribution in [-0.2, 0) is 9.59 Å². The summed E-state index contributed by atoms with van der Waals surface area (Å²) in [5.74, 6) is 0.119. The Balaban J connectivity index is 1.56. The molecule has 1 aliphatic heterocycles. The van der Waals surface area contributed by atoms with Gasteiger partial charge in [0.2, 0.25) is 16.9 Å². The molecule has 24 heavy (non-hydrogen) atoms. The van der Waals surface area contributed by atoms with E-state index in [4.69, 9.17) is 0 Å². The molecule has 0 spiro atoms. The first-order valence-electron chi connectivity index (χ1n) is 9.02. The molecule has 2 heterocycles. The summed E-state index contributed by atoms with van der Waals surface area (Å²) in [6.45, 7) is 4.82. The zero-order valence-corrected chi connectivity index (χ0v) is 15.3. The van der Waals surface area contributed by atoms with E-state index in [-0.39, 0.29) is 17.7 Å². The molecule has 0 bridgehead atoms. The van der Waals surface area contributed by atoms with Crippen LogP contribution in [0.25, 0.3) is 0 Å². The second-order valence-electron chi connectivity index (χ2n) is 7.01. The van der Waals surface area contributed by atoms with Crippen molar-refractivity contribution >= 4 is 28.3 Å². The van der Waals surface area contributed by atoms with Gasteiger partial charge < -0.3 is 10.2 Å². The molecule has 1 saturated carbocycles. The predicted molar refractivity (Wildman–Crippen MR) is 93.9 cm³/mol. The third-order valence-corrected chi connectivity index (χ3v) is 6.18. The van der Waals surface area contributed by atoms with E-state index in [2.05, 4.69) is 29.4 Å². The van der Waals surface area contributed by atoms with E-state index in [0.29, 0.717) is 30.1 Å². The Labute approximate surface area is 147 Å². The zero-order valence-electron chi connectivity index (χ0n) is 14.5. The molecule has 1 aromatic heterocycles. The maximum Gasteiger partial charge on any atom is 0.231 e. The van der Waals surface area contributed by atoms with Crippen molar-refractivity contribution in [2.45, 2.75) is 70.8 Å². The van der Waals surface area contributed by atoms with Crippen LogP contribution in [0.15, 0.2) is 0 Å². The van der Waals surface area contributed by atoms with Gasteiger partial charge in [-0.2, -0.15) is 0 Å². The third-order valence-electron chi connectivity index (χ3n) is 5.11. The van der Waals surface area contributed by atoms with E-state index in [1.165, 1.54) is 24.2 Å². The number of carbonyl (C=O) groups excluding carboxylic acids is 2. The minimum Gasteiger partial charge on any atom is -0.339 e. The lowest BCUT2D eigenvalue weighted by atomic mass is 10.1. The van der Waals surface area contributed by atoms with E-state index in [0.717, 1.165) is 30.7 Å². The molecule has 1 aliphatic carbocycles. The van der Waals surface area contributed by atoms with Gasteiger partial charge in [0, 0.05) is 24.9 Å². The highest BCUT2D eigenvalue weighted by atomic mass is 32.1. The van der Waals surface area contributed by atoms with Crippen LogP contribution in [0.3, 0.4) is 0 Å². The summed E-state index contributed by atoms with van der Waals surface area (Å²) in [7, 11) is 0. The largest absolute Gasteiger partial charge is 0.339 e. The topological polar surface area (TPSA) is 75.2 Å². The van der Waals surface area contributed by atoms with Gasteiger partial charge in [-0.25, -0.2) is 0 Å².